The monoisotopic (exact) mass is 255 g/mol. The highest BCUT2D eigenvalue weighted by Crippen LogP contribution is 2.26. The van der Waals surface area contributed by atoms with Crippen molar-refractivity contribution in [1.82, 2.24) is 15.0 Å². The third-order valence-corrected chi connectivity index (χ3v) is 2.90. The molecule has 1 atom stereocenters. The molecule has 0 aliphatic heterocycles. The van der Waals surface area contributed by atoms with E-state index in [0.29, 0.717) is 12.1 Å². The molecule has 0 bridgehead atoms. The lowest BCUT2D eigenvalue weighted by Gasteiger charge is -2.25. The van der Waals surface area contributed by atoms with Crippen LogP contribution in [0.4, 0.5) is 0 Å². The maximum Gasteiger partial charge on any atom is 0.358 e. The lowest BCUT2D eigenvalue weighted by atomic mass is 9.90. The molecule has 0 aromatic carbocycles. The van der Waals surface area contributed by atoms with E-state index >= 15 is 0 Å². The Morgan fingerprint density at radius 1 is 1.33 bits per heavy atom. The van der Waals surface area contributed by atoms with E-state index in [4.69, 9.17) is 5.11 Å². The maximum atomic E-state index is 11.1. The fraction of sp³-hybridized carbons (Fsp3) is 0.750. The van der Waals surface area contributed by atoms with Gasteiger partial charge in [0.1, 0.15) is 0 Å². The Balaban J connectivity index is 3.26. The summed E-state index contributed by atoms with van der Waals surface area (Å²) in [5, 5.41) is 26.8. The van der Waals surface area contributed by atoms with Gasteiger partial charge in [-0.1, -0.05) is 32.9 Å². The average Bonchev–Trinajstić information content (AvgIpc) is 2.60. The lowest BCUT2D eigenvalue weighted by Crippen LogP contribution is -2.33. The van der Waals surface area contributed by atoms with Crippen molar-refractivity contribution in [2.75, 3.05) is 0 Å². The van der Waals surface area contributed by atoms with Crippen molar-refractivity contribution in [3.63, 3.8) is 0 Å². The van der Waals surface area contributed by atoms with Gasteiger partial charge in [0, 0.05) is 5.41 Å². The van der Waals surface area contributed by atoms with Crippen LogP contribution in [-0.4, -0.2) is 36.8 Å². The molecule has 0 aliphatic carbocycles. The van der Waals surface area contributed by atoms with Crippen LogP contribution in [0.25, 0.3) is 0 Å². The summed E-state index contributed by atoms with van der Waals surface area (Å²) in [6, 6.07) is 0. The second kappa shape index (κ2) is 4.68. The highest BCUT2D eigenvalue weighted by atomic mass is 16.4. The summed E-state index contributed by atoms with van der Waals surface area (Å²) in [7, 11) is 0. The summed E-state index contributed by atoms with van der Waals surface area (Å²) < 4.78 is 1.49. The average molecular weight is 255 g/mol. The minimum Gasteiger partial charge on any atom is -0.476 e. The van der Waals surface area contributed by atoms with Crippen LogP contribution in [0.5, 0.6) is 0 Å². The van der Waals surface area contributed by atoms with Crippen LogP contribution in [0, 0.1) is 0 Å². The predicted octanol–water partition coefficient (Wildman–Crippen LogP) is 1.43. The predicted molar refractivity (Wildman–Crippen MR) is 66.6 cm³/mol. The first-order chi connectivity index (χ1) is 8.08. The van der Waals surface area contributed by atoms with Gasteiger partial charge in [-0.05, 0) is 13.3 Å². The van der Waals surface area contributed by atoms with Crippen LogP contribution in [0.1, 0.15) is 57.2 Å². The van der Waals surface area contributed by atoms with Gasteiger partial charge in [-0.2, -0.15) is 0 Å². The molecule has 1 aromatic heterocycles. The zero-order valence-electron chi connectivity index (χ0n) is 11.6. The molecule has 1 aromatic rings. The molecule has 0 saturated heterocycles. The number of aromatic nitrogens is 3. The number of aromatic carboxylic acids is 1. The van der Waals surface area contributed by atoms with E-state index in [9.17, 15) is 9.90 Å². The minimum absolute atomic E-state index is 0.0468. The van der Waals surface area contributed by atoms with Gasteiger partial charge in [-0.3, -0.25) is 0 Å². The van der Waals surface area contributed by atoms with Crippen LogP contribution in [0.2, 0.25) is 0 Å². The lowest BCUT2D eigenvalue weighted by molar-refractivity contribution is 0.0323. The fourth-order valence-electron chi connectivity index (χ4n) is 1.74. The normalized spacial score (nSPS) is 15.4. The molecule has 6 nitrogen and oxygen atoms in total. The maximum absolute atomic E-state index is 11.1. The molecule has 0 fully saturated rings. The number of rotatable bonds is 4. The molecule has 0 spiro atoms. The fourth-order valence-corrected chi connectivity index (χ4v) is 1.74. The number of carbonyl (C=O) groups is 1. The zero-order chi connectivity index (χ0) is 14.1. The van der Waals surface area contributed by atoms with Crippen LogP contribution in [0.15, 0.2) is 0 Å². The van der Waals surface area contributed by atoms with Crippen LogP contribution < -0.4 is 0 Å². The molecule has 1 unspecified atom stereocenters. The standard InChI is InChI=1S/C12H21N3O3/c1-6-12(5,18)7-15-9(11(2,3)4)8(10(16)17)13-14-15/h18H,6-7H2,1-5H3,(H,16,17). The van der Waals surface area contributed by atoms with E-state index in [2.05, 4.69) is 10.3 Å². The van der Waals surface area contributed by atoms with Gasteiger partial charge in [-0.15, -0.1) is 5.10 Å². The molecule has 2 N–H and O–H groups in total. The molecule has 102 valence electrons. The van der Waals surface area contributed by atoms with E-state index in [1.54, 1.807) is 6.92 Å². The molecule has 0 amide bonds. The Morgan fingerprint density at radius 2 is 1.89 bits per heavy atom. The molecule has 0 radical (unpaired) electrons. The number of nitrogens with zero attached hydrogens (tertiary/aromatic N) is 3. The van der Waals surface area contributed by atoms with Crippen molar-refractivity contribution in [3.8, 4) is 0 Å². The van der Waals surface area contributed by atoms with Crippen molar-refractivity contribution >= 4 is 5.97 Å². The first-order valence-corrected chi connectivity index (χ1v) is 5.98. The summed E-state index contributed by atoms with van der Waals surface area (Å²) >= 11 is 0. The van der Waals surface area contributed by atoms with Crippen molar-refractivity contribution in [3.05, 3.63) is 11.4 Å². The van der Waals surface area contributed by atoms with E-state index in [-0.39, 0.29) is 12.2 Å². The quantitative estimate of drug-likeness (QED) is 0.849. The second-order valence-corrected chi connectivity index (χ2v) is 5.85. The zero-order valence-corrected chi connectivity index (χ0v) is 11.6. The van der Waals surface area contributed by atoms with Gasteiger partial charge in [0.25, 0.3) is 0 Å². The van der Waals surface area contributed by atoms with Gasteiger partial charge >= 0.3 is 5.97 Å². The van der Waals surface area contributed by atoms with Crippen LogP contribution >= 0.6 is 0 Å². The number of hydrogen-bond acceptors (Lipinski definition) is 4. The third-order valence-electron chi connectivity index (χ3n) is 2.90. The number of carboxylic acid groups (broad SMARTS) is 1. The largest absolute Gasteiger partial charge is 0.476 e. The SMILES string of the molecule is CCC(C)(O)Cn1nnc(C(=O)O)c1C(C)(C)C. The van der Waals surface area contributed by atoms with Gasteiger partial charge in [0.2, 0.25) is 0 Å². The van der Waals surface area contributed by atoms with Crippen molar-refractivity contribution < 1.29 is 15.0 Å². The first-order valence-electron chi connectivity index (χ1n) is 5.98. The molecule has 6 heteroatoms. The van der Waals surface area contributed by atoms with E-state index in [1.807, 2.05) is 27.7 Å². The van der Waals surface area contributed by atoms with Crippen molar-refractivity contribution in [2.45, 2.75) is 58.6 Å². The van der Waals surface area contributed by atoms with Gasteiger partial charge in [0.05, 0.1) is 17.8 Å². The molecule has 1 heterocycles. The highest BCUT2D eigenvalue weighted by molar-refractivity contribution is 5.86. The third kappa shape index (κ3) is 3.07. The summed E-state index contributed by atoms with van der Waals surface area (Å²) in [4.78, 5) is 11.1. The van der Waals surface area contributed by atoms with Gasteiger partial charge < -0.3 is 10.2 Å². The van der Waals surface area contributed by atoms with E-state index in [1.165, 1.54) is 4.68 Å². The molecule has 0 aliphatic rings. The second-order valence-electron chi connectivity index (χ2n) is 5.85. The summed E-state index contributed by atoms with van der Waals surface area (Å²) in [5.74, 6) is -1.10. The highest BCUT2D eigenvalue weighted by Gasteiger charge is 2.31. The Hall–Kier alpha value is -1.43. The Morgan fingerprint density at radius 3 is 2.28 bits per heavy atom. The first kappa shape index (κ1) is 14.6. The molecule has 18 heavy (non-hydrogen) atoms. The molecule has 1 rings (SSSR count). The van der Waals surface area contributed by atoms with E-state index in [0.717, 1.165) is 0 Å². The number of carboxylic acids is 1. The van der Waals surface area contributed by atoms with Crippen molar-refractivity contribution in [2.24, 2.45) is 0 Å². The minimum atomic E-state index is -1.10. The topological polar surface area (TPSA) is 88.2 Å². The van der Waals surface area contributed by atoms with E-state index < -0.39 is 17.0 Å². The summed E-state index contributed by atoms with van der Waals surface area (Å²) in [6.45, 7) is 9.49. The summed E-state index contributed by atoms with van der Waals surface area (Å²) in [6.07, 6.45) is 0.554. The van der Waals surface area contributed by atoms with Crippen LogP contribution in [-0.2, 0) is 12.0 Å². The van der Waals surface area contributed by atoms with Crippen molar-refractivity contribution in [1.29, 1.82) is 0 Å². The number of hydrogen-bond donors (Lipinski definition) is 2. The Kier molecular flexibility index (Phi) is 3.81. The molecule has 0 saturated carbocycles. The Labute approximate surface area is 107 Å². The van der Waals surface area contributed by atoms with Gasteiger partial charge in [-0.25, -0.2) is 9.48 Å². The van der Waals surface area contributed by atoms with Gasteiger partial charge in [0.15, 0.2) is 5.69 Å². The Bertz CT molecular complexity index is 444. The molecular formula is C12H21N3O3. The molecular weight excluding hydrogens is 234 g/mol. The number of aliphatic hydroxyl groups is 1. The van der Waals surface area contributed by atoms with Crippen LogP contribution in [0.3, 0.4) is 0 Å². The summed E-state index contributed by atoms with van der Waals surface area (Å²) in [5.41, 5.74) is -0.844. The smallest absolute Gasteiger partial charge is 0.358 e.